The third-order valence-electron chi connectivity index (χ3n) is 3.22. The van der Waals surface area contributed by atoms with Crippen molar-refractivity contribution in [1.82, 2.24) is 0 Å². The van der Waals surface area contributed by atoms with E-state index in [2.05, 4.69) is 0 Å². The highest BCUT2D eigenvalue weighted by molar-refractivity contribution is 6.30. The minimum atomic E-state index is -0.783. The molecule has 1 unspecified atom stereocenters. The van der Waals surface area contributed by atoms with E-state index < -0.39 is 6.10 Å². The summed E-state index contributed by atoms with van der Waals surface area (Å²) < 4.78 is 10.8. The monoisotopic (exact) mass is 320 g/mol. The molecule has 0 spiro atoms. The number of benzene rings is 2. The van der Waals surface area contributed by atoms with Gasteiger partial charge in [0.05, 0.1) is 7.11 Å². The van der Waals surface area contributed by atoms with Crippen LogP contribution in [0.1, 0.15) is 28.9 Å². The fourth-order valence-electron chi connectivity index (χ4n) is 1.96. The lowest BCUT2D eigenvalue weighted by molar-refractivity contribution is 0.101. The summed E-state index contributed by atoms with van der Waals surface area (Å²) in [5.74, 6) is 0.877. The first kappa shape index (κ1) is 16.3. The third-order valence-corrected chi connectivity index (χ3v) is 3.47. The molecule has 2 rings (SSSR count). The van der Waals surface area contributed by atoms with Gasteiger partial charge in [0.1, 0.15) is 12.7 Å². The number of hydrogen-bond donors (Lipinski definition) is 1. The molecule has 0 aliphatic carbocycles. The van der Waals surface area contributed by atoms with Gasteiger partial charge in [-0.05, 0) is 42.8 Å². The summed E-state index contributed by atoms with van der Waals surface area (Å²) in [6, 6.07) is 11.8. The lowest BCUT2D eigenvalue weighted by Gasteiger charge is -2.15. The molecule has 0 aliphatic heterocycles. The van der Waals surface area contributed by atoms with E-state index in [1.165, 1.54) is 14.0 Å². The number of ketones is 1. The summed E-state index contributed by atoms with van der Waals surface area (Å²) in [4.78, 5) is 11.4. The molecule has 22 heavy (non-hydrogen) atoms. The molecule has 2 aromatic carbocycles. The Hall–Kier alpha value is -2.04. The Kier molecular flexibility index (Phi) is 5.41. The first-order valence-corrected chi connectivity index (χ1v) is 7.14. The molecular formula is C17H17ClO4. The molecule has 1 N–H and O–H groups in total. The van der Waals surface area contributed by atoms with E-state index >= 15 is 0 Å². The molecule has 0 radical (unpaired) electrons. The normalized spacial score (nSPS) is 11.8. The van der Waals surface area contributed by atoms with Gasteiger partial charge in [0.15, 0.2) is 17.3 Å². The number of aliphatic hydroxyl groups is 1. The van der Waals surface area contributed by atoms with Crippen LogP contribution in [0.5, 0.6) is 11.5 Å². The molecule has 0 saturated heterocycles. The first-order chi connectivity index (χ1) is 10.5. The highest BCUT2D eigenvalue weighted by Gasteiger charge is 2.12. The van der Waals surface area contributed by atoms with Crippen LogP contribution in [0.15, 0.2) is 42.5 Å². The van der Waals surface area contributed by atoms with Crippen molar-refractivity contribution in [1.29, 1.82) is 0 Å². The highest BCUT2D eigenvalue weighted by atomic mass is 35.5. The minimum absolute atomic E-state index is 0.0500. The van der Waals surface area contributed by atoms with Crippen LogP contribution in [0.4, 0.5) is 0 Å². The summed E-state index contributed by atoms with van der Waals surface area (Å²) in [6.45, 7) is 1.55. The van der Waals surface area contributed by atoms with Gasteiger partial charge in [-0.1, -0.05) is 23.7 Å². The van der Waals surface area contributed by atoms with Gasteiger partial charge in [0, 0.05) is 10.6 Å². The van der Waals surface area contributed by atoms with Crippen molar-refractivity contribution in [2.45, 2.75) is 13.0 Å². The second kappa shape index (κ2) is 7.29. The van der Waals surface area contributed by atoms with Crippen LogP contribution in [0, 0.1) is 0 Å². The van der Waals surface area contributed by atoms with Crippen molar-refractivity contribution in [3.05, 3.63) is 58.6 Å². The SMILES string of the molecule is COc1cc(C(C)=O)ccc1OCC(O)c1ccc(Cl)cc1. The predicted octanol–water partition coefficient (Wildman–Crippen LogP) is 3.66. The number of rotatable bonds is 6. The summed E-state index contributed by atoms with van der Waals surface area (Å²) in [7, 11) is 1.50. The quantitative estimate of drug-likeness (QED) is 0.825. The summed E-state index contributed by atoms with van der Waals surface area (Å²) in [6.07, 6.45) is -0.783. The third kappa shape index (κ3) is 4.00. The molecule has 0 fully saturated rings. The average Bonchev–Trinajstić information content (AvgIpc) is 2.52. The zero-order chi connectivity index (χ0) is 16.1. The van der Waals surface area contributed by atoms with Gasteiger partial charge in [0.2, 0.25) is 0 Å². The molecule has 0 saturated carbocycles. The van der Waals surface area contributed by atoms with Crippen LogP contribution in [0.3, 0.4) is 0 Å². The number of ether oxygens (including phenoxy) is 2. The molecule has 4 nitrogen and oxygen atoms in total. The maximum atomic E-state index is 11.4. The molecule has 0 aromatic heterocycles. The van der Waals surface area contributed by atoms with E-state index in [-0.39, 0.29) is 12.4 Å². The summed E-state index contributed by atoms with van der Waals surface area (Å²) in [5.41, 5.74) is 1.26. The van der Waals surface area contributed by atoms with Crippen molar-refractivity contribution in [3.8, 4) is 11.5 Å². The number of halogens is 1. The zero-order valence-corrected chi connectivity index (χ0v) is 13.1. The van der Waals surface area contributed by atoms with E-state index in [4.69, 9.17) is 21.1 Å². The second-order valence-electron chi connectivity index (χ2n) is 4.80. The Morgan fingerprint density at radius 3 is 2.45 bits per heavy atom. The molecule has 0 amide bonds. The number of carbonyl (C=O) groups is 1. The van der Waals surface area contributed by atoms with E-state index in [1.54, 1.807) is 42.5 Å². The Labute approximate surface area is 134 Å². The molecular weight excluding hydrogens is 304 g/mol. The molecule has 2 aromatic rings. The standard InChI is InChI=1S/C17H17ClO4/c1-11(19)13-5-8-16(17(9-13)21-2)22-10-15(20)12-3-6-14(18)7-4-12/h3-9,15,20H,10H2,1-2H3. The van der Waals surface area contributed by atoms with Crippen LogP contribution in [-0.4, -0.2) is 24.6 Å². The summed E-state index contributed by atoms with van der Waals surface area (Å²) >= 11 is 5.81. The predicted molar refractivity (Wildman–Crippen MR) is 84.9 cm³/mol. The topological polar surface area (TPSA) is 55.8 Å². The van der Waals surface area contributed by atoms with Gasteiger partial charge in [-0.2, -0.15) is 0 Å². The van der Waals surface area contributed by atoms with E-state index in [0.29, 0.717) is 27.6 Å². The van der Waals surface area contributed by atoms with Crippen LogP contribution in [0.25, 0.3) is 0 Å². The number of aliphatic hydroxyl groups excluding tert-OH is 1. The van der Waals surface area contributed by atoms with Gasteiger partial charge in [-0.3, -0.25) is 4.79 Å². The zero-order valence-electron chi connectivity index (χ0n) is 12.4. The maximum Gasteiger partial charge on any atom is 0.161 e. The van der Waals surface area contributed by atoms with Crippen LogP contribution in [-0.2, 0) is 0 Å². The van der Waals surface area contributed by atoms with Crippen molar-refractivity contribution < 1.29 is 19.4 Å². The van der Waals surface area contributed by atoms with Crippen LogP contribution in [0.2, 0.25) is 5.02 Å². The smallest absolute Gasteiger partial charge is 0.161 e. The van der Waals surface area contributed by atoms with Crippen molar-refractivity contribution in [2.24, 2.45) is 0 Å². The van der Waals surface area contributed by atoms with Gasteiger partial charge >= 0.3 is 0 Å². The number of Topliss-reactive ketones (excluding diaryl/α,β-unsaturated/α-hetero) is 1. The number of carbonyl (C=O) groups excluding carboxylic acids is 1. The van der Waals surface area contributed by atoms with Crippen LogP contribution >= 0.6 is 11.6 Å². The molecule has 1 atom stereocenters. The second-order valence-corrected chi connectivity index (χ2v) is 5.24. The van der Waals surface area contributed by atoms with Gasteiger partial charge in [-0.15, -0.1) is 0 Å². The average molecular weight is 321 g/mol. The Morgan fingerprint density at radius 2 is 1.86 bits per heavy atom. The fourth-order valence-corrected chi connectivity index (χ4v) is 2.08. The van der Waals surface area contributed by atoms with Crippen molar-refractivity contribution in [3.63, 3.8) is 0 Å². The van der Waals surface area contributed by atoms with E-state index in [9.17, 15) is 9.90 Å². The van der Waals surface area contributed by atoms with Crippen molar-refractivity contribution >= 4 is 17.4 Å². The van der Waals surface area contributed by atoms with Gasteiger partial charge in [0.25, 0.3) is 0 Å². The molecule has 0 bridgehead atoms. The van der Waals surface area contributed by atoms with Gasteiger partial charge in [-0.25, -0.2) is 0 Å². The Morgan fingerprint density at radius 1 is 1.18 bits per heavy atom. The lowest BCUT2D eigenvalue weighted by Crippen LogP contribution is -2.10. The molecule has 0 heterocycles. The van der Waals surface area contributed by atoms with E-state index in [0.717, 1.165) is 0 Å². The molecule has 116 valence electrons. The van der Waals surface area contributed by atoms with Crippen molar-refractivity contribution in [2.75, 3.05) is 13.7 Å². The maximum absolute atomic E-state index is 11.4. The minimum Gasteiger partial charge on any atom is -0.493 e. The Balaban J connectivity index is 2.07. The summed E-state index contributed by atoms with van der Waals surface area (Å²) in [5, 5.41) is 10.7. The fraction of sp³-hybridized carbons (Fsp3) is 0.235. The Bertz CT molecular complexity index is 652. The molecule has 0 aliphatic rings. The first-order valence-electron chi connectivity index (χ1n) is 6.76. The lowest BCUT2D eigenvalue weighted by atomic mass is 10.1. The number of methoxy groups -OCH3 is 1. The van der Waals surface area contributed by atoms with Crippen LogP contribution < -0.4 is 9.47 Å². The largest absolute Gasteiger partial charge is 0.493 e. The molecule has 5 heteroatoms. The van der Waals surface area contributed by atoms with Gasteiger partial charge < -0.3 is 14.6 Å². The highest BCUT2D eigenvalue weighted by Crippen LogP contribution is 2.29. The van der Waals surface area contributed by atoms with E-state index in [1.807, 2.05) is 0 Å². The number of hydrogen-bond acceptors (Lipinski definition) is 4.